The molecule has 0 saturated heterocycles. The topological polar surface area (TPSA) is 215 Å². The van der Waals surface area contributed by atoms with Crippen molar-refractivity contribution in [2.75, 3.05) is 12.3 Å². The molecule has 2 aromatic carbocycles. The molecule has 0 saturated carbocycles. The van der Waals surface area contributed by atoms with Crippen LogP contribution < -0.4 is 32.3 Å². The first-order valence-electron chi connectivity index (χ1n) is 13.3. The Morgan fingerprint density at radius 3 is 2.00 bits per heavy atom. The molecular formula is C28H37N7O7. The van der Waals surface area contributed by atoms with Crippen LogP contribution in [0.25, 0.3) is 0 Å². The summed E-state index contributed by atoms with van der Waals surface area (Å²) >= 11 is 0. The predicted molar refractivity (Wildman–Crippen MR) is 155 cm³/mol. The maximum atomic E-state index is 12.9. The highest BCUT2D eigenvalue weighted by atomic mass is 16.6. The first-order chi connectivity index (χ1) is 19.8. The number of nitrogens with two attached hydrogens (primary N) is 1. The molecular weight excluding hydrogens is 546 g/mol. The lowest BCUT2D eigenvalue weighted by atomic mass is 10.0. The summed E-state index contributed by atoms with van der Waals surface area (Å²) in [6, 6.07) is 9.19. The Morgan fingerprint density at radius 1 is 0.810 bits per heavy atom. The lowest BCUT2D eigenvalue weighted by molar-refractivity contribution is -0.384. The van der Waals surface area contributed by atoms with Crippen molar-refractivity contribution < 1.29 is 28.9 Å². The van der Waals surface area contributed by atoms with Crippen LogP contribution in [0.1, 0.15) is 50.0 Å². The van der Waals surface area contributed by atoms with Gasteiger partial charge in [0, 0.05) is 24.4 Å². The minimum absolute atomic E-state index is 0.0163. The number of nitro groups is 1. The van der Waals surface area contributed by atoms with E-state index in [9.17, 15) is 34.1 Å². The molecule has 7 N–H and O–H groups in total. The first kappa shape index (κ1) is 33.2. The monoisotopic (exact) mass is 583 g/mol. The summed E-state index contributed by atoms with van der Waals surface area (Å²) in [5.41, 5.74) is 6.82. The molecule has 0 aromatic heterocycles. The van der Waals surface area contributed by atoms with Crippen molar-refractivity contribution in [3.05, 3.63) is 69.8 Å². The summed E-state index contributed by atoms with van der Waals surface area (Å²) in [5, 5.41) is 23.5. The van der Waals surface area contributed by atoms with Crippen LogP contribution in [0.15, 0.2) is 48.5 Å². The number of rotatable bonds is 14. The number of para-hydroxylation sites is 1. The first-order valence-corrected chi connectivity index (χ1v) is 13.3. The lowest BCUT2D eigenvalue weighted by Crippen LogP contribution is -2.54. The minimum atomic E-state index is -0.975. The number of non-ortho nitro benzene ring substituents is 1. The second-order valence-electron chi connectivity index (χ2n) is 10.1. The third kappa shape index (κ3) is 10.5. The number of hydrogen-bond donors (Lipinski definition) is 6. The van der Waals surface area contributed by atoms with Crippen LogP contribution in [-0.2, 0) is 25.7 Å². The average Bonchev–Trinajstić information content (AvgIpc) is 2.94. The van der Waals surface area contributed by atoms with E-state index in [0.29, 0.717) is 5.56 Å². The molecule has 2 aromatic rings. The smallest absolute Gasteiger partial charge is 0.269 e. The second-order valence-corrected chi connectivity index (χ2v) is 10.1. The van der Waals surface area contributed by atoms with Crippen molar-refractivity contribution >= 4 is 40.9 Å². The maximum Gasteiger partial charge on any atom is 0.269 e. The van der Waals surface area contributed by atoms with Gasteiger partial charge in [-0.1, -0.05) is 38.1 Å². The van der Waals surface area contributed by atoms with Crippen molar-refractivity contribution in [1.29, 1.82) is 0 Å². The maximum absolute atomic E-state index is 12.9. The van der Waals surface area contributed by atoms with Crippen LogP contribution in [0.3, 0.4) is 0 Å². The van der Waals surface area contributed by atoms with Crippen molar-refractivity contribution in [3.8, 4) is 0 Å². The minimum Gasteiger partial charge on any atom is -0.398 e. The molecule has 0 unspecified atom stereocenters. The van der Waals surface area contributed by atoms with Crippen LogP contribution in [-0.4, -0.2) is 59.1 Å². The number of anilines is 1. The molecule has 14 nitrogen and oxygen atoms in total. The lowest BCUT2D eigenvalue weighted by Gasteiger charge is -2.23. The average molecular weight is 584 g/mol. The van der Waals surface area contributed by atoms with Gasteiger partial charge in [-0.05, 0) is 43.9 Å². The quantitative estimate of drug-likeness (QED) is 0.106. The third-order valence-electron chi connectivity index (χ3n) is 6.09. The van der Waals surface area contributed by atoms with Gasteiger partial charge in [-0.25, -0.2) is 0 Å². The van der Waals surface area contributed by atoms with Gasteiger partial charge >= 0.3 is 0 Å². The number of amides is 5. The van der Waals surface area contributed by atoms with E-state index in [0.717, 1.165) is 0 Å². The van der Waals surface area contributed by atoms with E-state index in [4.69, 9.17) is 5.73 Å². The van der Waals surface area contributed by atoms with Gasteiger partial charge in [-0.15, -0.1) is 0 Å². The normalized spacial score (nSPS) is 12.8. The van der Waals surface area contributed by atoms with Gasteiger partial charge in [0.25, 0.3) is 11.6 Å². The largest absolute Gasteiger partial charge is 0.398 e. The number of nitrogens with zero attached hydrogens (tertiary/aromatic N) is 1. The zero-order valence-electron chi connectivity index (χ0n) is 23.9. The Kier molecular flexibility index (Phi) is 12.4. The number of nitrogen functional groups attached to an aromatic ring is 1. The number of nitrogens with one attached hydrogen (secondary N) is 5. The molecule has 0 aliphatic carbocycles. The van der Waals surface area contributed by atoms with Gasteiger partial charge in [0.15, 0.2) is 0 Å². The van der Waals surface area contributed by atoms with Crippen LogP contribution in [0.4, 0.5) is 11.4 Å². The molecule has 14 heteroatoms. The van der Waals surface area contributed by atoms with Crippen LogP contribution in [0.2, 0.25) is 0 Å². The zero-order valence-corrected chi connectivity index (χ0v) is 23.9. The Bertz CT molecular complexity index is 1300. The molecule has 0 radical (unpaired) electrons. The molecule has 226 valence electrons. The van der Waals surface area contributed by atoms with Gasteiger partial charge in [-0.2, -0.15) is 0 Å². The fraction of sp³-hybridized carbons (Fsp3) is 0.393. The SMILES string of the molecule is CC(C)C[C@H](NC(=O)CNC(=O)[C@H](C)NC(=O)c1ccccc1N)C(=O)N[C@@H](C)C(=O)NCc1ccc([N+](=O)[O-])cc1. The van der Waals surface area contributed by atoms with Gasteiger partial charge < -0.3 is 32.3 Å². The second kappa shape index (κ2) is 15.7. The molecule has 2 rings (SSSR count). The van der Waals surface area contributed by atoms with Gasteiger partial charge in [0.1, 0.15) is 18.1 Å². The molecule has 5 amide bonds. The van der Waals surface area contributed by atoms with Crippen molar-refractivity contribution in [3.63, 3.8) is 0 Å². The van der Waals surface area contributed by atoms with Crippen LogP contribution >= 0.6 is 0 Å². The molecule has 0 heterocycles. The van der Waals surface area contributed by atoms with E-state index in [1.807, 2.05) is 13.8 Å². The predicted octanol–water partition coefficient (Wildman–Crippen LogP) is 0.764. The van der Waals surface area contributed by atoms with E-state index < -0.39 is 59.1 Å². The fourth-order valence-corrected chi connectivity index (χ4v) is 3.77. The van der Waals surface area contributed by atoms with Gasteiger partial charge in [0.2, 0.25) is 23.6 Å². The zero-order chi connectivity index (χ0) is 31.4. The number of hydrogen-bond acceptors (Lipinski definition) is 8. The van der Waals surface area contributed by atoms with Crippen LogP contribution in [0, 0.1) is 16.0 Å². The highest BCUT2D eigenvalue weighted by Gasteiger charge is 2.26. The van der Waals surface area contributed by atoms with E-state index in [-0.39, 0.29) is 35.8 Å². The number of carbonyl (C=O) groups is 5. The summed E-state index contributed by atoms with van der Waals surface area (Å²) in [4.78, 5) is 73.1. The summed E-state index contributed by atoms with van der Waals surface area (Å²) in [5.74, 6) is -2.84. The molecule has 3 atom stereocenters. The molecule has 0 spiro atoms. The van der Waals surface area contributed by atoms with E-state index >= 15 is 0 Å². The molecule has 0 aliphatic heterocycles. The highest BCUT2D eigenvalue weighted by Crippen LogP contribution is 2.12. The molecule has 0 aliphatic rings. The van der Waals surface area contributed by atoms with E-state index in [2.05, 4.69) is 26.6 Å². The Hall–Kier alpha value is -5.01. The fourth-order valence-electron chi connectivity index (χ4n) is 3.77. The standard InChI is InChI=1S/C28H37N7O7/c1-16(2)13-23(28(40)33-18(4)25(37)30-14-19-9-11-20(12-10-19)35(41)42)34-24(36)15-31-26(38)17(3)32-27(39)21-7-5-6-8-22(21)29/h5-12,16-18,23H,13-15,29H2,1-4H3,(H,30,37)(H,31,38)(H,32,39)(H,33,40)(H,34,36)/t17-,18-,23-/m0/s1. The Morgan fingerprint density at radius 2 is 1.40 bits per heavy atom. The Labute approximate surface area is 243 Å². The highest BCUT2D eigenvalue weighted by molar-refractivity contribution is 6.01. The van der Waals surface area contributed by atoms with Gasteiger partial charge in [0.05, 0.1) is 17.0 Å². The van der Waals surface area contributed by atoms with Crippen molar-refractivity contribution in [2.24, 2.45) is 5.92 Å². The van der Waals surface area contributed by atoms with E-state index in [1.165, 1.54) is 44.2 Å². The number of benzene rings is 2. The van der Waals surface area contributed by atoms with Crippen LogP contribution in [0.5, 0.6) is 0 Å². The molecule has 42 heavy (non-hydrogen) atoms. The third-order valence-corrected chi connectivity index (χ3v) is 6.09. The number of nitro benzene ring substituents is 1. The van der Waals surface area contributed by atoms with Gasteiger partial charge in [-0.3, -0.25) is 34.1 Å². The summed E-state index contributed by atoms with van der Waals surface area (Å²) < 4.78 is 0. The summed E-state index contributed by atoms with van der Waals surface area (Å²) in [6.45, 7) is 6.31. The van der Waals surface area contributed by atoms with Crippen molar-refractivity contribution in [2.45, 2.75) is 58.8 Å². The van der Waals surface area contributed by atoms with Crippen molar-refractivity contribution in [1.82, 2.24) is 26.6 Å². The summed E-state index contributed by atoms with van der Waals surface area (Å²) in [7, 11) is 0. The molecule has 0 bridgehead atoms. The number of carbonyl (C=O) groups excluding carboxylic acids is 5. The van der Waals surface area contributed by atoms with E-state index in [1.54, 1.807) is 18.2 Å². The Balaban J connectivity index is 1.86. The molecule has 0 fully saturated rings. The summed E-state index contributed by atoms with van der Waals surface area (Å²) in [6.07, 6.45) is 0.271.